The molecule has 1 unspecified atom stereocenters. The molecular weight excluding hydrogens is 276 g/mol. The minimum atomic E-state index is -0.202. The van der Waals surface area contributed by atoms with Crippen molar-refractivity contribution < 1.29 is 14.6 Å². The van der Waals surface area contributed by atoms with Crippen LogP contribution >= 0.6 is 0 Å². The summed E-state index contributed by atoms with van der Waals surface area (Å²) in [5, 5.41) is 9.82. The minimum absolute atomic E-state index is 0.0533. The van der Waals surface area contributed by atoms with Crippen molar-refractivity contribution >= 4 is 5.97 Å². The van der Waals surface area contributed by atoms with E-state index in [1.54, 1.807) is 26.0 Å². The van der Waals surface area contributed by atoms with Gasteiger partial charge in [0.1, 0.15) is 11.5 Å². The van der Waals surface area contributed by atoms with Crippen molar-refractivity contribution in [3.63, 3.8) is 0 Å². The second kappa shape index (κ2) is 6.31. The van der Waals surface area contributed by atoms with Crippen molar-refractivity contribution in [2.45, 2.75) is 61.8 Å². The molecule has 0 amide bonds. The van der Waals surface area contributed by atoms with Crippen LogP contribution in [0.4, 0.5) is 0 Å². The Morgan fingerprint density at radius 1 is 1.09 bits per heavy atom. The fourth-order valence-corrected chi connectivity index (χ4v) is 2.52. The average Bonchev–Trinajstić information content (AvgIpc) is 2.30. The number of aryl methyl sites for hydroxylation is 2. The highest BCUT2D eigenvalue weighted by atomic mass is 16.5. The first kappa shape index (κ1) is 18.5. The molecule has 0 bridgehead atoms. The largest absolute Gasteiger partial charge is 0.507 e. The van der Waals surface area contributed by atoms with E-state index in [4.69, 9.17) is 4.74 Å². The lowest BCUT2D eigenvalue weighted by Crippen LogP contribution is -2.35. The van der Waals surface area contributed by atoms with Gasteiger partial charge in [-0.1, -0.05) is 41.5 Å². The Morgan fingerprint density at radius 2 is 1.55 bits per heavy atom. The molecule has 124 valence electrons. The Hall–Kier alpha value is -1.51. The molecule has 1 atom stereocenters. The monoisotopic (exact) mass is 306 g/mol. The minimum Gasteiger partial charge on any atom is -0.507 e. The van der Waals surface area contributed by atoms with Crippen LogP contribution in [-0.4, -0.2) is 11.1 Å². The molecule has 3 nitrogen and oxygen atoms in total. The van der Waals surface area contributed by atoms with Gasteiger partial charge in [0.05, 0.1) is 5.92 Å². The molecule has 0 saturated carbocycles. The average molecular weight is 306 g/mol. The maximum atomic E-state index is 12.7. The maximum absolute atomic E-state index is 12.7. The van der Waals surface area contributed by atoms with Gasteiger partial charge in [0.2, 0.25) is 0 Å². The Kier molecular flexibility index (Phi) is 5.32. The van der Waals surface area contributed by atoms with Crippen molar-refractivity contribution in [3.05, 3.63) is 23.3 Å². The highest BCUT2D eigenvalue weighted by Gasteiger charge is 2.36. The van der Waals surface area contributed by atoms with Crippen LogP contribution in [-0.2, 0) is 4.79 Å². The summed E-state index contributed by atoms with van der Waals surface area (Å²) in [6, 6.07) is 3.41. The second-order valence-corrected chi connectivity index (χ2v) is 8.51. The van der Waals surface area contributed by atoms with E-state index in [0.29, 0.717) is 16.9 Å². The fraction of sp³-hybridized carbons (Fsp3) is 0.632. The zero-order chi connectivity index (χ0) is 17.3. The molecule has 1 N–H and O–H groups in total. The summed E-state index contributed by atoms with van der Waals surface area (Å²) in [6.07, 6.45) is 0.769. The van der Waals surface area contributed by atoms with Crippen molar-refractivity contribution in [1.29, 1.82) is 0 Å². The maximum Gasteiger partial charge on any atom is 0.314 e. The van der Waals surface area contributed by atoms with Gasteiger partial charge in [-0.2, -0.15) is 0 Å². The Bertz CT molecular complexity index is 522. The summed E-state index contributed by atoms with van der Waals surface area (Å²) in [4.78, 5) is 12.7. The number of ether oxygens (including phenoxy) is 1. The lowest BCUT2D eigenvalue weighted by molar-refractivity contribution is -0.144. The van der Waals surface area contributed by atoms with Gasteiger partial charge in [0, 0.05) is 0 Å². The van der Waals surface area contributed by atoms with E-state index in [1.807, 2.05) is 0 Å². The number of phenolic OH excluding ortho intramolecular Hbond substituents is 1. The number of carbonyl (C=O) groups excluding carboxylic acids is 1. The molecule has 0 aliphatic carbocycles. The normalized spacial score (nSPS) is 13.8. The standard InChI is InChI=1S/C19H30O3/c1-12-9-14(10-13(2)16(12)20)22-17(21)15(19(6,7)8)11-18(3,4)5/h9-10,15,20H,11H2,1-8H3. The van der Waals surface area contributed by atoms with Crippen LogP contribution in [0, 0.1) is 30.6 Å². The summed E-state index contributed by atoms with van der Waals surface area (Å²) in [5.41, 5.74) is 1.32. The number of hydrogen-bond acceptors (Lipinski definition) is 3. The third kappa shape index (κ3) is 5.04. The molecule has 0 spiro atoms. The molecule has 22 heavy (non-hydrogen) atoms. The molecular formula is C19H30O3. The fourth-order valence-electron chi connectivity index (χ4n) is 2.52. The molecule has 1 rings (SSSR count). The van der Waals surface area contributed by atoms with Gasteiger partial charge in [-0.25, -0.2) is 0 Å². The van der Waals surface area contributed by atoms with Crippen LogP contribution in [0.1, 0.15) is 59.1 Å². The van der Waals surface area contributed by atoms with Crippen LogP contribution < -0.4 is 4.74 Å². The molecule has 0 saturated heterocycles. The van der Waals surface area contributed by atoms with E-state index in [1.165, 1.54) is 0 Å². The number of carbonyl (C=O) groups is 1. The summed E-state index contributed by atoms with van der Waals surface area (Å²) < 4.78 is 5.62. The Morgan fingerprint density at radius 3 is 1.91 bits per heavy atom. The van der Waals surface area contributed by atoms with Crippen molar-refractivity contribution in [3.8, 4) is 11.5 Å². The van der Waals surface area contributed by atoms with Crippen molar-refractivity contribution in [2.24, 2.45) is 16.7 Å². The quantitative estimate of drug-likeness (QED) is 0.630. The smallest absolute Gasteiger partial charge is 0.314 e. The highest BCUT2D eigenvalue weighted by molar-refractivity contribution is 5.76. The number of phenols is 1. The van der Waals surface area contributed by atoms with E-state index in [0.717, 1.165) is 6.42 Å². The van der Waals surface area contributed by atoms with E-state index in [-0.39, 0.29) is 28.5 Å². The first-order valence-corrected chi connectivity index (χ1v) is 7.83. The number of aromatic hydroxyl groups is 1. The van der Waals surface area contributed by atoms with Gasteiger partial charge in [0.15, 0.2) is 0 Å². The zero-order valence-electron chi connectivity index (χ0n) is 15.2. The van der Waals surface area contributed by atoms with E-state index < -0.39 is 0 Å². The van der Waals surface area contributed by atoms with Crippen LogP contribution in [0.2, 0.25) is 0 Å². The first-order valence-electron chi connectivity index (χ1n) is 7.83. The predicted molar refractivity (Wildman–Crippen MR) is 90.2 cm³/mol. The summed E-state index contributed by atoms with van der Waals surface area (Å²) in [5.74, 6) is 0.372. The van der Waals surface area contributed by atoms with Crippen LogP contribution in [0.5, 0.6) is 11.5 Å². The lowest BCUT2D eigenvalue weighted by Gasteiger charge is -2.33. The zero-order valence-corrected chi connectivity index (χ0v) is 15.2. The number of hydrogen-bond donors (Lipinski definition) is 1. The number of rotatable bonds is 3. The molecule has 0 radical (unpaired) electrons. The van der Waals surface area contributed by atoms with Gasteiger partial charge < -0.3 is 9.84 Å². The SMILES string of the molecule is Cc1cc(OC(=O)C(CC(C)(C)C)C(C)(C)C)cc(C)c1O. The van der Waals surface area contributed by atoms with Gasteiger partial charge in [0.25, 0.3) is 0 Å². The highest BCUT2D eigenvalue weighted by Crippen LogP contribution is 2.37. The van der Waals surface area contributed by atoms with Crippen LogP contribution in [0.25, 0.3) is 0 Å². The molecule has 0 aliphatic heterocycles. The summed E-state index contributed by atoms with van der Waals surface area (Å²) >= 11 is 0. The molecule has 1 aromatic carbocycles. The lowest BCUT2D eigenvalue weighted by atomic mass is 9.72. The first-order chi connectivity index (χ1) is 9.81. The molecule has 1 aromatic rings. The second-order valence-electron chi connectivity index (χ2n) is 8.51. The van der Waals surface area contributed by atoms with Crippen LogP contribution in [0.15, 0.2) is 12.1 Å². The molecule has 3 heteroatoms. The van der Waals surface area contributed by atoms with E-state index >= 15 is 0 Å². The van der Waals surface area contributed by atoms with Gasteiger partial charge in [-0.15, -0.1) is 0 Å². The van der Waals surface area contributed by atoms with E-state index in [2.05, 4.69) is 41.5 Å². The summed E-state index contributed by atoms with van der Waals surface area (Å²) in [7, 11) is 0. The molecule has 0 aromatic heterocycles. The third-order valence-corrected chi connectivity index (χ3v) is 3.83. The Balaban J connectivity index is 3.02. The van der Waals surface area contributed by atoms with Crippen LogP contribution in [0.3, 0.4) is 0 Å². The predicted octanol–water partition coefficient (Wildman–Crippen LogP) is 5.01. The number of benzene rings is 1. The van der Waals surface area contributed by atoms with E-state index in [9.17, 15) is 9.90 Å². The van der Waals surface area contributed by atoms with Crippen molar-refractivity contribution in [1.82, 2.24) is 0 Å². The van der Waals surface area contributed by atoms with Gasteiger partial charge in [-0.05, 0) is 54.4 Å². The Labute approximate surface area is 134 Å². The van der Waals surface area contributed by atoms with Crippen molar-refractivity contribution in [2.75, 3.05) is 0 Å². The van der Waals surface area contributed by atoms with Gasteiger partial charge in [-0.3, -0.25) is 4.79 Å². The topological polar surface area (TPSA) is 46.5 Å². The van der Waals surface area contributed by atoms with Gasteiger partial charge >= 0.3 is 5.97 Å². The molecule has 0 fully saturated rings. The molecule has 0 aliphatic rings. The third-order valence-electron chi connectivity index (χ3n) is 3.83. The molecule has 0 heterocycles. The summed E-state index contributed by atoms with van der Waals surface area (Å²) in [6.45, 7) is 16.2. The number of esters is 1.